The second-order valence-corrected chi connectivity index (χ2v) is 7.97. The first-order chi connectivity index (χ1) is 17.5. The molecule has 0 saturated carbocycles. The minimum Gasteiger partial charge on any atom is -0.337 e. The number of halogens is 2. The van der Waals surface area contributed by atoms with Crippen molar-refractivity contribution in [3.63, 3.8) is 0 Å². The van der Waals surface area contributed by atoms with Crippen molar-refractivity contribution in [2.75, 3.05) is 11.9 Å². The molecule has 178 valence electrons. The molecule has 2 aromatic carbocycles. The van der Waals surface area contributed by atoms with Crippen LogP contribution >= 0.6 is 0 Å². The van der Waals surface area contributed by atoms with Crippen LogP contribution in [0.25, 0.3) is 33.7 Å². The number of hydrogen-bond donors (Lipinski definition) is 2. The fraction of sp³-hybridized carbons (Fsp3) is 0.0741. The van der Waals surface area contributed by atoms with Crippen molar-refractivity contribution in [2.24, 2.45) is 0 Å². The highest BCUT2D eigenvalue weighted by atomic mass is 19.1. The lowest BCUT2D eigenvalue weighted by molar-refractivity contribution is 0.252. The summed E-state index contributed by atoms with van der Waals surface area (Å²) in [7, 11) is 0. The van der Waals surface area contributed by atoms with Crippen LogP contribution in [-0.2, 0) is 6.42 Å². The number of nitrogens with one attached hydrogen (secondary N) is 2. The van der Waals surface area contributed by atoms with E-state index in [1.807, 2.05) is 12.1 Å². The molecular formula is C27H20F2N6O. The normalized spacial score (nSPS) is 10.8. The summed E-state index contributed by atoms with van der Waals surface area (Å²) in [6.45, 7) is 0.431. The number of pyridine rings is 2. The van der Waals surface area contributed by atoms with Gasteiger partial charge in [0, 0.05) is 30.1 Å². The highest BCUT2D eigenvalue weighted by Gasteiger charge is 2.15. The number of urea groups is 1. The van der Waals surface area contributed by atoms with Gasteiger partial charge < -0.3 is 5.32 Å². The SMILES string of the molecule is O=C(NCCc1cccnc1)Nc1ccc2nc(-c3ccc(F)cc3)c(-c3ccc(F)cc3)nc2n1. The zero-order valence-corrected chi connectivity index (χ0v) is 19.0. The lowest BCUT2D eigenvalue weighted by atomic mass is 10.0. The molecule has 2 N–H and O–H groups in total. The first-order valence-electron chi connectivity index (χ1n) is 11.2. The number of nitrogens with zero attached hydrogens (tertiary/aromatic N) is 4. The molecule has 5 aromatic rings. The largest absolute Gasteiger partial charge is 0.337 e. The Morgan fingerprint density at radius 1 is 0.778 bits per heavy atom. The zero-order chi connectivity index (χ0) is 24.9. The molecule has 2 amide bonds. The summed E-state index contributed by atoms with van der Waals surface area (Å²) >= 11 is 0. The van der Waals surface area contributed by atoms with Gasteiger partial charge in [-0.2, -0.15) is 0 Å². The Hall–Kier alpha value is -4.79. The Morgan fingerprint density at radius 3 is 2.08 bits per heavy atom. The first kappa shape index (κ1) is 23.0. The topological polar surface area (TPSA) is 92.7 Å². The molecule has 0 fully saturated rings. The van der Waals surface area contributed by atoms with Gasteiger partial charge in [0.25, 0.3) is 0 Å². The van der Waals surface area contributed by atoms with E-state index in [2.05, 4.69) is 25.6 Å². The summed E-state index contributed by atoms with van der Waals surface area (Å²) in [5, 5.41) is 5.49. The van der Waals surface area contributed by atoms with Crippen molar-refractivity contribution in [1.29, 1.82) is 0 Å². The van der Waals surface area contributed by atoms with E-state index in [1.54, 1.807) is 48.8 Å². The molecule has 5 rings (SSSR count). The van der Waals surface area contributed by atoms with Crippen LogP contribution in [0, 0.1) is 11.6 Å². The number of hydrogen-bond acceptors (Lipinski definition) is 5. The van der Waals surface area contributed by atoms with E-state index in [0.29, 0.717) is 52.5 Å². The number of benzene rings is 2. The fourth-order valence-corrected chi connectivity index (χ4v) is 3.66. The molecule has 0 aliphatic carbocycles. The molecule has 36 heavy (non-hydrogen) atoms. The predicted octanol–water partition coefficient (Wildman–Crippen LogP) is 5.40. The van der Waals surface area contributed by atoms with Gasteiger partial charge in [-0.15, -0.1) is 0 Å². The maximum Gasteiger partial charge on any atom is 0.320 e. The Labute approximate surface area is 205 Å². The number of aromatic nitrogens is 4. The molecule has 0 saturated heterocycles. The van der Waals surface area contributed by atoms with Crippen molar-refractivity contribution in [2.45, 2.75) is 6.42 Å². The third kappa shape index (κ3) is 5.30. The van der Waals surface area contributed by atoms with Gasteiger partial charge in [0.05, 0.1) is 11.4 Å². The molecule has 3 heterocycles. The molecular weight excluding hydrogens is 462 g/mol. The summed E-state index contributed by atoms with van der Waals surface area (Å²) in [4.78, 5) is 30.2. The lowest BCUT2D eigenvalue weighted by Crippen LogP contribution is -2.30. The average molecular weight is 482 g/mol. The number of fused-ring (bicyclic) bond motifs is 1. The summed E-state index contributed by atoms with van der Waals surface area (Å²) in [6.07, 6.45) is 4.09. The molecule has 0 aliphatic heterocycles. The van der Waals surface area contributed by atoms with E-state index in [9.17, 15) is 13.6 Å². The van der Waals surface area contributed by atoms with E-state index in [0.717, 1.165) is 5.56 Å². The highest BCUT2D eigenvalue weighted by molar-refractivity contribution is 5.90. The minimum absolute atomic E-state index is 0.299. The van der Waals surface area contributed by atoms with E-state index >= 15 is 0 Å². The van der Waals surface area contributed by atoms with Gasteiger partial charge in [0.15, 0.2) is 5.65 Å². The van der Waals surface area contributed by atoms with Crippen LogP contribution in [0.15, 0.2) is 85.2 Å². The number of carbonyl (C=O) groups is 1. The molecule has 3 aromatic heterocycles. The van der Waals surface area contributed by atoms with Gasteiger partial charge in [-0.1, -0.05) is 6.07 Å². The van der Waals surface area contributed by atoms with Crippen molar-refractivity contribution in [3.8, 4) is 22.5 Å². The number of amides is 2. The molecule has 0 spiro atoms. The molecule has 0 radical (unpaired) electrons. The van der Waals surface area contributed by atoms with Gasteiger partial charge in [-0.05, 0) is 78.7 Å². The van der Waals surface area contributed by atoms with Crippen molar-refractivity contribution in [1.82, 2.24) is 25.3 Å². The van der Waals surface area contributed by atoms with Gasteiger partial charge >= 0.3 is 6.03 Å². The lowest BCUT2D eigenvalue weighted by Gasteiger charge is -2.11. The Bertz CT molecular complexity index is 1510. The molecule has 0 bridgehead atoms. The van der Waals surface area contributed by atoms with Crippen molar-refractivity contribution >= 4 is 23.0 Å². The molecule has 0 aliphatic rings. The Balaban J connectivity index is 1.42. The summed E-state index contributed by atoms with van der Waals surface area (Å²) in [6, 6.07) is 18.5. The van der Waals surface area contributed by atoms with Crippen LogP contribution in [0.4, 0.5) is 19.4 Å². The molecule has 0 unspecified atom stereocenters. The highest BCUT2D eigenvalue weighted by Crippen LogP contribution is 2.31. The smallest absolute Gasteiger partial charge is 0.320 e. The Kier molecular flexibility index (Phi) is 6.53. The third-order valence-electron chi connectivity index (χ3n) is 5.43. The standard InChI is InChI=1S/C27H20F2N6O/c28-20-7-3-18(4-8-20)24-25(19-5-9-21(29)10-6-19)35-26-22(32-24)11-12-23(33-26)34-27(36)31-15-13-17-2-1-14-30-16-17/h1-12,14,16H,13,15H2,(H2,31,33,34,35,36). The predicted molar refractivity (Wildman–Crippen MR) is 133 cm³/mol. The minimum atomic E-state index is -0.402. The maximum atomic E-state index is 13.5. The summed E-state index contributed by atoms with van der Waals surface area (Å²) in [5.74, 6) is -0.447. The van der Waals surface area contributed by atoms with E-state index < -0.39 is 6.03 Å². The fourth-order valence-electron chi connectivity index (χ4n) is 3.66. The van der Waals surface area contributed by atoms with E-state index in [4.69, 9.17) is 4.98 Å². The van der Waals surface area contributed by atoms with Crippen LogP contribution in [0.5, 0.6) is 0 Å². The van der Waals surface area contributed by atoms with Gasteiger partial charge in [-0.25, -0.2) is 28.5 Å². The van der Waals surface area contributed by atoms with Crippen LogP contribution in [0.2, 0.25) is 0 Å². The number of anilines is 1. The number of carbonyl (C=O) groups excluding carboxylic acids is 1. The first-order valence-corrected chi connectivity index (χ1v) is 11.2. The van der Waals surface area contributed by atoms with Gasteiger partial charge in [0.1, 0.15) is 23.0 Å². The summed E-state index contributed by atoms with van der Waals surface area (Å²) < 4.78 is 27.0. The van der Waals surface area contributed by atoms with Crippen LogP contribution in [0.1, 0.15) is 5.56 Å². The Morgan fingerprint density at radius 2 is 1.44 bits per heavy atom. The second-order valence-electron chi connectivity index (χ2n) is 7.97. The number of rotatable bonds is 6. The molecule has 7 nitrogen and oxygen atoms in total. The quantitative estimate of drug-likeness (QED) is 0.338. The van der Waals surface area contributed by atoms with Gasteiger partial charge in [0.2, 0.25) is 0 Å². The molecule has 9 heteroatoms. The summed E-state index contributed by atoms with van der Waals surface area (Å²) in [5.41, 5.74) is 4.04. The molecule has 0 atom stereocenters. The van der Waals surface area contributed by atoms with E-state index in [1.165, 1.54) is 24.3 Å². The van der Waals surface area contributed by atoms with Crippen molar-refractivity contribution in [3.05, 3.63) is 102 Å². The van der Waals surface area contributed by atoms with Crippen LogP contribution < -0.4 is 10.6 Å². The van der Waals surface area contributed by atoms with Crippen LogP contribution in [0.3, 0.4) is 0 Å². The average Bonchev–Trinajstić information content (AvgIpc) is 2.89. The third-order valence-corrected chi connectivity index (χ3v) is 5.43. The van der Waals surface area contributed by atoms with Gasteiger partial charge in [-0.3, -0.25) is 10.3 Å². The monoisotopic (exact) mass is 482 g/mol. The maximum absolute atomic E-state index is 13.5. The van der Waals surface area contributed by atoms with E-state index in [-0.39, 0.29) is 11.6 Å². The van der Waals surface area contributed by atoms with Crippen LogP contribution in [-0.4, -0.2) is 32.5 Å². The van der Waals surface area contributed by atoms with Crippen molar-refractivity contribution < 1.29 is 13.6 Å². The second kappa shape index (κ2) is 10.2. The zero-order valence-electron chi connectivity index (χ0n) is 19.0.